The number of carbonyl (C=O) groups is 1. The predicted octanol–water partition coefficient (Wildman–Crippen LogP) is 0.488. The van der Waals surface area contributed by atoms with Gasteiger partial charge in [-0.25, -0.2) is 9.97 Å². The Morgan fingerprint density at radius 1 is 1.57 bits per heavy atom. The number of aromatic nitrogens is 3. The van der Waals surface area contributed by atoms with Crippen LogP contribution in [0.2, 0.25) is 0 Å². The zero-order chi connectivity index (χ0) is 10.1. The average molecular weight is 190 g/mol. The Kier molecular flexibility index (Phi) is 2.01. The average Bonchev–Trinajstić information content (AvgIpc) is 2.63. The van der Waals surface area contributed by atoms with Crippen molar-refractivity contribution < 1.29 is 4.79 Å². The molecule has 0 amide bonds. The SMILES string of the molecule is CC(N)C(=O)c1ccnc2nc[nH]c12. The van der Waals surface area contributed by atoms with Crippen LogP contribution in [0, 0.1) is 0 Å². The number of carbonyl (C=O) groups excluding carboxylic acids is 1. The highest BCUT2D eigenvalue weighted by atomic mass is 16.1. The van der Waals surface area contributed by atoms with Crippen molar-refractivity contribution in [1.29, 1.82) is 0 Å². The first-order chi connectivity index (χ1) is 6.70. The number of H-pyrrole nitrogens is 1. The number of Topliss-reactive ketones (excluding diaryl/α,β-unsaturated/α-hetero) is 1. The fourth-order valence-corrected chi connectivity index (χ4v) is 1.30. The van der Waals surface area contributed by atoms with Crippen molar-refractivity contribution >= 4 is 16.9 Å². The molecule has 0 aliphatic carbocycles. The molecule has 72 valence electrons. The van der Waals surface area contributed by atoms with Gasteiger partial charge in [-0.2, -0.15) is 0 Å². The van der Waals surface area contributed by atoms with Crippen molar-refractivity contribution in [3.63, 3.8) is 0 Å². The third-order valence-electron chi connectivity index (χ3n) is 2.01. The van der Waals surface area contributed by atoms with Gasteiger partial charge >= 0.3 is 0 Å². The summed E-state index contributed by atoms with van der Waals surface area (Å²) in [7, 11) is 0. The molecule has 2 aromatic heterocycles. The molecule has 0 fully saturated rings. The third-order valence-corrected chi connectivity index (χ3v) is 2.01. The maximum absolute atomic E-state index is 11.7. The summed E-state index contributed by atoms with van der Waals surface area (Å²) < 4.78 is 0. The van der Waals surface area contributed by atoms with Crippen LogP contribution in [-0.4, -0.2) is 26.8 Å². The van der Waals surface area contributed by atoms with E-state index in [1.165, 1.54) is 6.33 Å². The lowest BCUT2D eigenvalue weighted by atomic mass is 10.1. The number of fused-ring (bicyclic) bond motifs is 1. The minimum absolute atomic E-state index is 0.110. The molecule has 3 N–H and O–H groups in total. The van der Waals surface area contributed by atoms with Crippen molar-refractivity contribution in [2.45, 2.75) is 13.0 Å². The van der Waals surface area contributed by atoms with E-state index in [2.05, 4.69) is 15.0 Å². The highest BCUT2D eigenvalue weighted by Crippen LogP contribution is 2.13. The van der Waals surface area contributed by atoms with E-state index in [0.29, 0.717) is 16.7 Å². The van der Waals surface area contributed by atoms with Gasteiger partial charge < -0.3 is 10.7 Å². The minimum Gasteiger partial charge on any atom is -0.343 e. The lowest BCUT2D eigenvalue weighted by Crippen LogP contribution is -2.26. The van der Waals surface area contributed by atoms with Gasteiger partial charge in [-0.3, -0.25) is 4.79 Å². The van der Waals surface area contributed by atoms with Crippen LogP contribution in [0.4, 0.5) is 0 Å². The normalized spacial score (nSPS) is 13.0. The standard InChI is InChI=1S/C9H10N4O/c1-5(10)8(14)6-2-3-11-9-7(6)12-4-13-9/h2-5H,10H2,1H3,(H,11,12,13). The molecule has 2 rings (SSSR count). The first kappa shape index (κ1) is 8.83. The number of ketones is 1. The summed E-state index contributed by atoms with van der Waals surface area (Å²) in [5.74, 6) is -0.110. The number of hydrogen-bond acceptors (Lipinski definition) is 4. The van der Waals surface area contributed by atoms with E-state index in [-0.39, 0.29) is 5.78 Å². The Bertz CT molecular complexity index is 474. The zero-order valence-corrected chi connectivity index (χ0v) is 7.69. The summed E-state index contributed by atoms with van der Waals surface area (Å²) in [6.07, 6.45) is 3.06. The number of aromatic amines is 1. The van der Waals surface area contributed by atoms with Gasteiger partial charge in [0.15, 0.2) is 11.4 Å². The first-order valence-corrected chi connectivity index (χ1v) is 4.28. The van der Waals surface area contributed by atoms with Gasteiger partial charge in [0, 0.05) is 11.8 Å². The van der Waals surface area contributed by atoms with Gasteiger partial charge in [-0.1, -0.05) is 0 Å². The van der Waals surface area contributed by atoms with Gasteiger partial charge in [0.25, 0.3) is 0 Å². The third kappa shape index (κ3) is 1.27. The lowest BCUT2D eigenvalue weighted by molar-refractivity contribution is 0.0969. The van der Waals surface area contributed by atoms with Crippen LogP contribution in [-0.2, 0) is 0 Å². The van der Waals surface area contributed by atoms with Crippen molar-refractivity contribution in [2.24, 2.45) is 5.73 Å². The highest BCUT2D eigenvalue weighted by molar-refractivity contribution is 6.07. The Morgan fingerprint density at radius 2 is 2.36 bits per heavy atom. The predicted molar refractivity (Wildman–Crippen MR) is 51.9 cm³/mol. The number of rotatable bonds is 2. The number of nitrogens with one attached hydrogen (secondary N) is 1. The summed E-state index contributed by atoms with van der Waals surface area (Å²) in [5.41, 5.74) is 7.25. The second kappa shape index (κ2) is 3.19. The Hall–Kier alpha value is -1.75. The van der Waals surface area contributed by atoms with E-state index >= 15 is 0 Å². The molecule has 5 heteroatoms. The van der Waals surface area contributed by atoms with Crippen LogP contribution < -0.4 is 5.73 Å². The van der Waals surface area contributed by atoms with E-state index in [1.54, 1.807) is 19.2 Å². The van der Waals surface area contributed by atoms with Gasteiger partial charge in [-0.15, -0.1) is 0 Å². The van der Waals surface area contributed by atoms with Crippen LogP contribution in [0.25, 0.3) is 11.2 Å². The first-order valence-electron chi connectivity index (χ1n) is 4.28. The molecule has 0 bridgehead atoms. The molecule has 0 spiro atoms. The number of nitrogens with two attached hydrogens (primary N) is 1. The minimum atomic E-state index is -0.510. The molecule has 2 heterocycles. The van der Waals surface area contributed by atoms with Crippen LogP contribution in [0.15, 0.2) is 18.6 Å². The van der Waals surface area contributed by atoms with Crippen LogP contribution in [0.3, 0.4) is 0 Å². The summed E-state index contributed by atoms with van der Waals surface area (Å²) in [5, 5.41) is 0. The molecule has 14 heavy (non-hydrogen) atoms. The number of imidazole rings is 1. The number of nitrogens with zero attached hydrogens (tertiary/aromatic N) is 2. The van der Waals surface area contributed by atoms with E-state index in [1.807, 2.05) is 0 Å². The second-order valence-electron chi connectivity index (χ2n) is 3.11. The second-order valence-corrected chi connectivity index (χ2v) is 3.11. The van der Waals surface area contributed by atoms with Gasteiger partial charge in [0.05, 0.1) is 17.9 Å². The summed E-state index contributed by atoms with van der Waals surface area (Å²) >= 11 is 0. The summed E-state index contributed by atoms with van der Waals surface area (Å²) in [6.45, 7) is 1.66. The highest BCUT2D eigenvalue weighted by Gasteiger charge is 2.15. The fraction of sp³-hybridized carbons (Fsp3) is 0.222. The Labute approximate surface area is 80.4 Å². The molecule has 0 aromatic carbocycles. The molecule has 1 unspecified atom stereocenters. The maximum Gasteiger partial charge on any atom is 0.181 e. The van der Waals surface area contributed by atoms with E-state index in [0.717, 1.165) is 0 Å². The Morgan fingerprint density at radius 3 is 3.07 bits per heavy atom. The van der Waals surface area contributed by atoms with Gasteiger partial charge in [0.1, 0.15) is 0 Å². The van der Waals surface area contributed by atoms with Crippen LogP contribution >= 0.6 is 0 Å². The van der Waals surface area contributed by atoms with Gasteiger partial charge in [-0.05, 0) is 13.0 Å². The topological polar surface area (TPSA) is 84.7 Å². The van der Waals surface area contributed by atoms with E-state index < -0.39 is 6.04 Å². The lowest BCUT2D eigenvalue weighted by Gasteiger charge is -2.04. The number of pyridine rings is 1. The van der Waals surface area contributed by atoms with Crippen LogP contribution in [0.5, 0.6) is 0 Å². The smallest absolute Gasteiger partial charge is 0.181 e. The van der Waals surface area contributed by atoms with Crippen molar-refractivity contribution in [3.8, 4) is 0 Å². The Balaban J connectivity index is 2.62. The molecule has 2 aromatic rings. The molecule has 0 aliphatic heterocycles. The maximum atomic E-state index is 11.7. The number of hydrogen-bond donors (Lipinski definition) is 2. The quantitative estimate of drug-likeness (QED) is 0.675. The van der Waals surface area contributed by atoms with Crippen molar-refractivity contribution in [2.75, 3.05) is 0 Å². The summed E-state index contributed by atoms with van der Waals surface area (Å²) in [4.78, 5) is 22.5. The molecular formula is C9H10N4O. The zero-order valence-electron chi connectivity index (χ0n) is 7.69. The van der Waals surface area contributed by atoms with Crippen molar-refractivity contribution in [1.82, 2.24) is 15.0 Å². The van der Waals surface area contributed by atoms with Crippen LogP contribution in [0.1, 0.15) is 17.3 Å². The molecule has 0 radical (unpaired) electrons. The fourth-order valence-electron chi connectivity index (χ4n) is 1.30. The molecule has 0 aliphatic rings. The molecule has 1 atom stereocenters. The van der Waals surface area contributed by atoms with E-state index in [9.17, 15) is 4.79 Å². The van der Waals surface area contributed by atoms with Crippen molar-refractivity contribution in [3.05, 3.63) is 24.2 Å². The molecule has 0 saturated carbocycles. The molecular weight excluding hydrogens is 180 g/mol. The molecule has 5 nitrogen and oxygen atoms in total. The van der Waals surface area contributed by atoms with Gasteiger partial charge in [0.2, 0.25) is 0 Å². The molecule has 0 saturated heterocycles. The monoisotopic (exact) mass is 190 g/mol. The van der Waals surface area contributed by atoms with E-state index in [4.69, 9.17) is 5.73 Å². The summed E-state index contributed by atoms with van der Waals surface area (Å²) in [6, 6.07) is 1.13. The largest absolute Gasteiger partial charge is 0.343 e.